The van der Waals surface area contributed by atoms with Crippen molar-refractivity contribution in [2.24, 2.45) is 0 Å². The van der Waals surface area contributed by atoms with Crippen LogP contribution in [0.25, 0.3) is 16.7 Å². The van der Waals surface area contributed by atoms with Gasteiger partial charge in [-0.15, -0.1) is 11.6 Å². The van der Waals surface area contributed by atoms with Crippen molar-refractivity contribution in [2.75, 3.05) is 5.88 Å². The van der Waals surface area contributed by atoms with Gasteiger partial charge in [0.05, 0.1) is 21.7 Å². The first-order valence-corrected chi connectivity index (χ1v) is 7.41. The van der Waals surface area contributed by atoms with Crippen molar-refractivity contribution in [1.82, 2.24) is 9.55 Å². The maximum Gasteiger partial charge on any atom is 0.115 e. The highest BCUT2D eigenvalue weighted by atomic mass is 35.5. The van der Waals surface area contributed by atoms with E-state index in [2.05, 4.69) is 28.6 Å². The third-order valence-corrected chi connectivity index (χ3v) is 3.87. The molecule has 0 N–H and O–H groups in total. The predicted octanol–water partition coefficient (Wildman–Crippen LogP) is 4.77. The lowest BCUT2D eigenvalue weighted by Gasteiger charge is -2.12. The minimum absolute atomic E-state index is 0.535. The van der Waals surface area contributed by atoms with Crippen molar-refractivity contribution in [1.29, 1.82) is 0 Å². The average Bonchev–Trinajstić information content (AvgIpc) is 2.79. The third-order valence-electron chi connectivity index (χ3n) is 3.37. The van der Waals surface area contributed by atoms with Crippen molar-refractivity contribution in [2.45, 2.75) is 13.3 Å². The Morgan fingerprint density at radius 1 is 1.10 bits per heavy atom. The van der Waals surface area contributed by atoms with Gasteiger partial charge in [-0.1, -0.05) is 35.9 Å². The number of imidazole rings is 1. The van der Waals surface area contributed by atoms with E-state index in [1.54, 1.807) is 0 Å². The van der Waals surface area contributed by atoms with Gasteiger partial charge in [-0.05, 0) is 30.7 Å². The van der Waals surface area contributed by atoms with Crippen LogP contribution in [0.4, 0.5) is 0 Å². The van der Waals surface area contributed by atoms with Crippen LogP contribution in [0.15, 0.2) is 42.5 Å². The van der Waals surface area contributed by atoms with Gasteiger partial charge >= 0.3 is 0 Å². The van der Waals surface area contributed by atoms with E-state index in [4.69, 9.17) is 23.2 Å². The molecule has 0 unspecified atom stereocenters. The van der Waals surface area contributed by atoms with Crippen LogP contribution in [0.5, 0.6) is 0 Å². The standard InChI is InChI=1S/C16H14Cl2N2/c1-11-5-2-3-8-14(11)20-15(9-10-17)19-13-7-4-6-12(18)16(13)20/h2-8H,9-10H2,1H3. The Labute approximate surface area is 128 Å². The zero-order valence-electron chi connectivity index (χ0n) is 11.1. The van der Waals surface area contributed by atoms with Crippen LogP contribution in [0.1, 0.15) is 11.4 Å². The Morgan fingerprint density at radius 3 is 2.65 bits per heavy atom. The van der Waals surface area contributed by atoms with E-state index >= 15 is 0 Å². The third kappa shape index (κ3) is 2.19. The SMILES string of the molecule is Cc1ccccc1-n1c(CCCl)nc2cccc(Cl)c21. The van der Waals surface area contributed by atoms with Gasteiger partial charge in [-0.3, -0.25) is 4.57 Å². The number of para-hydroxylation sites is 2. The fourth-order valence-electron chi connectivity index (χ4n) is 2.46. The second-order valence-corrected chi connectivity index (χ2v) is 5.48. The molecular weight excluding hydrogens is 291 g/mol. The number of aromatic nitrogens is 2. The maximum atomic E-state index is 6.38. The lowest BCUT2D eigenvalue weighted by Crippen LogP contribution is -2.04. The van der Waals surface area contributed by atoms with E-state index in [1.165, 1.54) is 5.56 Å². The molecule has 1 aromatic heterocycles. The van der Waals surface area contributed by atoms with Gasteiger partial charge in [0.2, 0.25) is 0 Å². The normalized spacial score (nSPS) is 11.2. The Hall–Kier alpha value is -1.51. The van der Waals surface area contributed by atoms with Crippen molar-refractivity contribution in [3.63, 3.8) is 0 Å². The summed E-state index contributed by atoms with van der Waals surface area (Å²) in [5.41, 5.74) is 4.13. The Morgan fingerprint density at radius 2 is 1.90 bits per heavy atom. The van der Waals surface area contributed by atoms with Crippen LogP contribution in [0.3, 0.4) is 0 Å². The number of hydrogen-bond donors (Lipinski definition) is 0. The molecule has 2 nitrogen and oxygen atoms in total. The zero-order chi connectivity index (χ0) is 14.1. The van der Waals surface area contributed by atoms with Crippen LogP contribution in [-0.4, -0.2) is 15.4 Å². The molecule has 0 amide bonds. The van der Waals surface area contributed by atoms with E-state index in [-0.39, 0.29) is 0 Å². The molecule has 0 aliphatic heterocycles. The Kier molecular flexibility index (Phi) is 3.68. The fraction of sp³-hybridized carbons (Fsp3) is 0.188. The molecule has 0 aliphatic rings. The van der Waals surface area contributed by atoms with Gasteiger partial charge in [0.25, 0.3) is 0 Å². The molecule has 2 aromatic carbocycles. The second kappa shape index (κ2) is 5.47. The average molecular weight is 305 g/mol. The predicted molar refractivity (Wildman–Crippen MR) is 85.2 cm³/mol. The molecule has 4 heteroatoms. The second-order valence-electron chi connectivity index (χ2n) is 4.70. The van der Waals surface area contributed by atoms with Crippen LogP contribution in [0.2, 0.25) is 5.02 Å². The summed E-state index contributed by atoms with van der Waals surface area (Å²) in [5, 5.41) is 0.707. The molecule has 1 heterocycles. The van der Waals surface area contributed by atoms with Crippen LogP contribution < -0.4 is 0 Å². The zero-order valence-corrected chi connectivity index (χ0v) is 12.6. The molecule has 0 aliphatic carbocycles. The molecule has 102 valence electrons. The molecule has 0 radical (unpaired) electrons. The number of benzene rings is 2. The number of fused-ring (bicyclic) bond motifs is 1. The van der Waals surface area contributed by atoms with Gasteiger partial charge in [0, 0.05) is 12.3 Å². The van der Waals surface area contributed by atoms with Gasteiger partial charge in [-0.2, -0.15) is 0 Å². The highest BCUT2D eigenvalue weighted by Gasteiger charge is 2.15. The lowest BCUT2D eigenvalue weighted by molar-refractivity contribution is 0.907. The Bertz CT molecular complexity index is 762. The number of aryl methyl sites for hydroxylation is 2. The van der Waals surface area contributed by atoms with Gasteiger partial charge in [0.15, 0.2) is 0 Å². The highest BCUT2D eigenvalue weighted by Crippen LogP contribution is 2.29. The minimum Gasteiger partial charge on any atom is -0.295 e. The van der Waals surface area contributed by atoms with Gasteiger partial charge < -0.3 is 0 Å². The maximum absolute atomic E-state index is 6.38. The van der Waals surface area contributed by atoms with Gasteiger partial charge in [-0.25, -0.2) is 4.98 Å². The molecule has 0 atom stereocenters. The molecule has 3 rings (SSSR count). The topological polar surface area (TPSA) is 17.8 Å². The summed E-state index contributed by atoms with van der Waals surface area (Å²) in [4.78, 5) is 4.67. The van der Waals surface area contributed by atoms with Crippen LogP contribution in [-0.2, 0) is 6.42 Å². The molecule has 0 spiro atoms. The summed E-state index contributed by atoms with van der Waals surface area (Å²) in [6, 6.07) is 14.0. The Balaban J connectivity index is 2.37. The van der Waals surface area contributed by atoms with Crippen molar-refractivity contribution >= 4 is 34.2 Å². The minimum atomic E-state index is 0.535. The first kappa shape index (κ1) is 13.5. The molecule has 0 saturated heterocycles. The summed E-state index contributed by atoms with van der Waals surface area (Å²) in [6.45, 7) is 2.09. The van der Waals surface area contributed by atoms with Crippen LogP contribution in [0, 0.1) is 6.92 Å². The van der Waals surface area contributed by atoms with E-state index in [1.807, 2.05) is 30.3 Å². The fourth-order valence-corrected chi connectivity index (χ4v) is 2.88. The summed E-state index contributed by atoms with van der Waals surface area (Å²) in [6.07, 6.45) is 0.709. The molecule has 0 bridgehead atoms. The molecule has 20 heavy (non-hydrogen) atoms. The number of alkyl halides is 1. The molecule has 0 saturated carbocycles. The molecule has 3 aromatic rings. The number of hydrogen-bond acceptors (Lipinski definition) is 1. The summed E-state index contributed by atoms with van der Waals surface area (Å²) in [7, 11) is 0. The van der Waals surface area contributed by atoms with Crippen molar-refractivity contribution in [3.05, 3.63) is 58.9 Å². The smallest absolute Gasteiger partial charge is 0.115 e. The first-order valence-electron chi connectivity index (χ1n) is 6.50. The molecular formula is C16H14Cl2N2. The number of halogens is 2. The van der Waals surface area contributed by atoms with Crippen LogP contribution >= 0.6 is 23.2 Å². The van der Waals surface area contributed by atoms with E-state index < -0.39 is 0 Å². The number of rotatable bonds is 3. The van der Waals surface area contributed by atoms with E-state index in [0.29, 0.717) is 17.3 Å². The van der Waals surface area contributed by atoms with Gasteiger partial charge in [0.1, 0.15) is 5.82 Å². The lowest BCUT2D eigenvalue weighted by atomic mass is 10.2. The number of nitrogens with zero attached hydrogens (tertiary/aromatic N) is 2. The monoisotopic (exact) mass is 304 g/mol. The summed E-state index contributed by atoms with van der Waals surface area (Å²) < 4.78 is 2.12. The first-order chi connectivity index (χ1) is 9.72. The van der Waals surface area contributed by atoms with E-state index in [0.717, 1.165) is 22.5 Å². The summed E-state index contributed by atoms with van der Waals surface area (Å²) >= 11 is 12.3. The summed E-state index contributed by atoms with van der Waals surface area (Å²) in [5.74, 6) is 1.48. The van der Waals surface area contributed by atoms with E-state index in [9.17, 15) is 0 Å². The molecule has 0 fully saturated rings. The quantitative estimate of drug-likeness (QED) is 0.637. The largest absolute Gasteiger partial charge is 0.295 e. The highest BCUT2D eigenvalue weighted by molar-refractivity contribution is 6.35. The van der Waals surface area contributed by atoms with Crippen molar-refractivity contribution < 1.29 is 0 Å². The van der Waals surface area contributed by atoms with Crippen molar-refractivity contribution in [3.8, 4) is 5.69 Å².